The Bertz CT molecular complexity index is 575. The smallest absolute Gasteiger partial charge is 0.262 e. The summed E-state index contributed by atoms with van der Waals surface area (Å²) < 4.78 is 7.33. The van der Waals surface area contributed by atoms with Crippen molar-refractivity contribution >= 4 is 50.1 Å². The van der Waals surface area contributed by atoms with Gasteiger partial charge in [-0.2, -0.15) is 0 Å². The first kappa shape index (κ1) is 14.3. The lowest BCUT2D eigenvalue weighted by Gasteiger charge is -2.09. The number of anilines is 1. The van der Waals surface area contributed by atoms with Crippen LogP contribution in [0.2, 0.25) is 0 Å². The highest BCUT2D eigenvalue weighted by Gasteiger charge is 2.06. The van der Waals surface area contributed by atoms with Gasteiger partial charge in [-0.15, -0.1) is 0 Å². The SMILES string of the molecule is O=C(COc1ccccc1)Nc1ccc(I)cc1Br. The van der Waals surface area contributed by atoms with E-state index in [1.165, 1.54) is 0 Å². The van der Waals surface area contributed by atoms with E-state index in [-0.39, 0.29) is 12.5 Å². The maximum atomic E-state index is 11.8. The van der Waals surface area contributed by atoms with Crippen molar-refractivity contribution in [3.05, 3.63) is 56.6 Å². The summed E-state index contributed by atoms with van der Waals surface area (Å²) >= 11 is 5.62. The molecule has 2 rings (SSSR count). The van der Waals surface area contributed by atoms with Crippen LogP contribution < -0.4 is 10.1 Å². The van der Waals surface area contributed by atoms with E-state index in [1.54, 1.807) is 0 Å². The van der Waals surface area contributed by atoms with Crippen molar-refractivity contribution in [3.8, 4) is 5.75 Å². The average Bonchev–Trinajstić information content (AvgIpc) is 2.41. The molecule has 0 unspecified atom stereocenters. The van der Waals surface area contributed by atoms with Crippen molar-refractivity contribution < 1.29 is 9.53 Å². The lowest BCUT2D eigenvalue weighted by molar-refractivity contribution is -0.118. The van der Waals surface area contributed by atoms with Gasteiger partial charge in [0.25, 0.3) is 5.91 Å². The number of carbonyl (C=O) groups is 1. The monoisotopic (exact) mass is 431 g/mol. The summed E-state index contributed by atoms with van der Waals surface area (Å²) in [6.45, 7) is -0.0115. The van der Waals surface area contributed by atoms with Crippen molar-refractivity contribution in [2.75, 3.05) is 11.9 Å². The van der Waals surface area contributed by atoms with E-state index >= 15 is 0 Å². The number of nitrogens with one attached hydrogen (secondary N) is 1. The van der Waals surface area contributed by atoms with Crippen LogP contribution in [0.5, 0.6) is 5.75 Å². The summed E-state index contributed by atoms with van der Waals surface area (Å²) in [6, 6.07) is 15.0. The highest BCUT2D eigenvalue weighted by molar-refractivity contribution is 14.1. The molecule has 2 aromatic rings. The fourth-order valence-electron chi connectivity index (χ4n) is 1.44. The number of amides is 1. The molecule has 19 heavy (non-hydrogen) atoms. The fraction of sp³-hybridized carbons (Fsp3) is 0.0714. The highest BCUT2D eigenvalue weighted by Crippen LogP contribution is 2.24. The maximum Gasteiger partial charge on any atom is 0.262 e. The van der Waals surface area contributed by atoms with Crippen LogP contribution in [-0.4, -0.2) is 12.5 Å². The van der Waals surface area contributed by atoms with Gasteiger partial charge in [-0.1, -0.05) is 18.2 Å². The lowest BCUT2D eigenvalue weighted by Crippen LogP contribution is -2.20. The number of halogens is 2. The van der Waals surface area contributed by atoms with Gasteiger partial charge in [0.1, 0.15) is 5.75 Å². The van der Waals surface area contributed by atoms with Gasteiger partial charge < -0.3 is 10.1 Å². The molecule has 1 N–H and O–H groups in total. The van der Waals surface area contributed by atoms with E-state index in [2.05, 4.69) is 43.8 Å². The molecule has 0 aliphatic rings. The van der Waals surface area contributed by atoms with Crippen LogP contribution in [-0.2, 0) is 4.79 Å². The third-order valence-electron chi connectivity index (χ3n) is 2.32. The van der Waals surface area contributed by atoms with Crippen LogP contribution in [0, 0.1) is 3.57 Å². The molecule has 2 aromatic carbocycles. The quantitative estimate of drug-likeness (QED) is 0.741. The minimum atomic E-state index is -0.189. The minimum Gasteiger partial charge on any atom is -0.484 e. The molecule has 0 aliphatic carbocycles. The molecule has 0 atom stereocenters. The lowest BCUT2D eigenvalue weighted by atomic mass is 10.3. The number of para-hydroxylation sites is 1. The molecule has 1 amide bonds. The van der Waals surface area contributed by atoms with Crippen LogP contribution in [0.25, 0.3) is 0 Å². The molecule has 0 aromatic heterocycles. The molecule has 5 heteroatoms. The number of rotatable bonds is 4. The molecule has 98 valence electrons. The zero-order valence-electron chi connectivity index (χ0n) is 9.90. The zero-order chi connectivity index (χ0) is 13.7. The van der Waals surface area contributed by atoms with Gasteiger partial charge in [-0.3, -0.25) is 4.79 Å². The van der Waals surface area contributed by atoms with E-state index in [1.807, 2.05) is 48.5 Å². The Labute approximate surface area is 133 Å². The van der Waals surface area contributed by atoms with Crippen molar-refractivity contribution in [3.63, 3.8) is 0 Å². The van der Waals surface area contributed by atoms with Gasteiger partial charge in [0.15, 0.2) is 6.61 Å². The second-order valence-corrected chi connectivity index (χ2v) is 5.87. The highest BCUT2D eigenvalue weighted by atomic mass is 127. The Hall–Kier alpha value is -1.08. The van der Waals surface area contributed by atoms with E-state index in [0.717, 1.165) is 13.7 Å². The number of carbonyl (C=O) groups excluding carboxylic acids is 1. The molecule has 0 radical (unpaired) electrons. The number of ether oxygens (including phenoxy) is 1. The third-order valence-corrected chi connectivity index (χ3v) is 3.65. The molecule has 0 saturated carbocycles. The van der Waals surface area contributed by atoms with Gasteiger partial charge in [0.2, 0.25) is 0 Å². The van der Waals surface area contributed by atoms with Crippen molar-refractivity contribution in [1.29, 1.82) is 0 Å². The van der Waals surface area contributed by atoms with Gasteiger partial charge in [-0.25, -0.2) is 0 Å². The Morgan fingerprint density at radius 3 is 2.63 bits per heavy atom. The fourth-order valence-corrected chi connectivity index (χ4v) is 2.84. The van der Waals surface area contributed by atoms with Crippen LogP contribution >= 0.6 is 38.5 Å². The van der Waals surface area contributed by atoms with Crippen LogP contribution in [0.3, 0.4) is 0 Å². The zero-order valence-corrected chi connectivity index (χ0v) is 13.6. The van der Waals surface area contributed by atoms with Crippen LogP contribution in [0.15, 0.2) is 53.0 Å². The Morgan fingerprint density at radius 1 is 1.21 bits per heavy atom. The summed E-state index contributed by atoms with van der Waals surface area (Å²) in [5, 5.41) is 2.79. The molecule has 0 bridgehead atoms. The summed E-state index contributed by atoms with van der Waals surface area (Å²) in [5.41, 5.74) is 0.738. The van der Waals surface area contributed by atoms with Gasteiger partial charge in [0.05, 0.1) is 5.69 Å². The van der Waals surface area contributed by atoms with E-state index in [0.29, 0.717) is 5.75 Å². The second-order valence-electron chi connectivity index (χ2n) is 3.77. The van der Waals surface area contributed by atoms with Gasteiger partial charge >= 0.3 is 0 Å². The Morgan fingerprint density at radius 2 is 1.95 bits per heavy atom. The van der Waals surface area contributed by atoms with E-state index in [4.69, 9.17) is 4.74 Å². The number of benzene rings is 2. The predicted octanol–water partition coefficient (Wildman–Crippen LogP) is 4.07. The minimum absolute atomic E-state index is 0.0115. The molecule has 0 aliphatic heterocycles. The molecule has 3 nitrogen and oxygen atoms in total. The van der Waals surface area contributed by atoms with Gasteiger partial charge in [0, 0.05) is 8.04 Å². The van der Waals surface area contributed by atoms with E-state index < -0.39 is 0 Å². The Balaban J connectivity index is 1.91. The topological polar surface area (TPSA) is 38.3 Å². The molecular formula is C14H11BrINO2. The third kappa shape index (κ3) is 4.50. The number of hydrogen-bond donors (Lipinski definition) is 1. The Kier molecular flexibility index (Phi) is 5.21. The molecule has 0 heterocycles. The summed E-state index contributed by atoms with van der Waals surface area (Å²) in [5.74, 6) is 0.491. The second kappa shape index (κ2) is 6.91. The standard InChI is InChI=1S/C14H11BrINO2/c15-12-8-10(16)6-7-13(12)17-14(18)9-19-11-4-2-1-3-5-11/h1-8H,9H2,(H,17,18). The summed E-state index contributed by atoms with van der Waals surface area (Å²) in [4.78, 5) is 11.8. The van der Waals surface area contributed by atoms with E-state index in [9.17, 15) is 4.79 Å². The van der Waals surface area contributed by atoms with Crippen LogP contribution in [0.1, 0.15) is 0 Å². The molecular weight excluding hydrogens is 421 g/mol. The maximum absolute atomic E-state index is 11.8. The van der Waals surface area contributed by atoms with Crippen LogP contribution in [0.4, 0.5) is 5.69 Å². The summed E-state index contributed by atoms with van der Waals surface area (Å²) in [6.07, 6.45) is 0. The summed E-state index contributed by atoms with van der Waals surface area (Å²) in [7, 11) is 0. The van der Waals surface area contributed by atoms with Crippen molar-refractivity contribution in [2.45, 2.75) is 0 Å². The first-order valence-corrected chi connectivity index (χ1v) is 7.45. The van der Waals surface area contributed by atoms with Gasteiger partial charge in [-0.05, 0) is 68.9 Å². The first-order valence-electron chi connectivity index (χ1n) is 5.58. The average molecular weight is 432 g/mol. The van der Waals surface area contributed by atoms with Crippen molar-refractivity contribution in [1.82, 2.24) is 0 Å². The number of hydrogen-bond acceptors (Lipinski definition) is 2. The molecule has 0 fully saturated rings. The largest absolute Gasteiger partial charge is 0.484 e. The predicted molar refractivity (Wildman–Crippen MR) is 87.4 cm³/mol. The van der Waals surface area contributed by atoms with Crippen molar-refractivity contribution in [2.24, 2.45) is 0 Å². The molecule has 0 saturated heterocycles. The first-order chi connectivity index (χ1) is 9.15. The normalized spacial score (nSPS) is 10.0. The molecule has 0 spiro atoms.